The minimum absolute atomic E-state index is 0. The summed E-state index contributed by atoms with van der Waals surface area (Å²) >= 11 is 0. The third kappa shape index (κ3) is 1.62. The van der Waals surface area contributed by atoms with Crippen LogP contribution < -0.4 is 5.73 Å². The number of nitrogen functional groups attached to an aromatic ring is 1. The van der Waals surface area contributed by atoms with Crippen LogP contribution in [-0.2, 0) is 6.42 Å². The molecular formula is C15H16ClN. The monoisotopic (exact) mass is 245 g/mol. The lowest BCUT2D eigenvalue weighted by atomic mass is 9.96. The van der Waals surface area contributed by atoms with Crippen LogP contribution in [0.1, 0.15) is 22.3 Å². The average Bonchev–Trinajstić information content (AvgIpc) is 2.65. The summed E-state index contributed by atoms with van der Waals surface area (Å²) < 4.78 is 0. The van der Waals surface area contributed by atoms with Crippen LogP contribution in [0.4, 0.5) is 5.69 Å². The van der Waals surface area contributed by atoms with Crippen LogP contribution in [0.3, 0.4) is 0 Å². The molecule has 2 aromatic carbocycles. The van der Waals surface area contributed by atoms with E-state index in [2.05, 4.69) is 44.2 Å². The van der Waals surface area contributed by atoms with Gasteiger partial charge in [-0.05, 0) is 59.7 Å². The first-order valence-corrected chi connectivity index (χ1v) is 5.65. The van der Waals surface area contributed by atoms with E-state index in [0.29, 0.717) is 0 Å². The average molecular weight is 246 g/mol. The number of hydrogen-bond donors (Lipinski definition) is 1. The fraction of sp³-hybridized carbons (Fsp3) is 0.200. The number of fused-ring (bicyclic) bond motifs is 3. The van der Waals surface area contributed by atoms with Gasteiger partial charge in [0.1, 0.15) is 0 Å². The summed E-state index contributed by atoms with van der Waals surface area (Å²) in [5.41, 5.74) is 15.1. The lowest BCUT2D eigenvalue weighted by Gasteiger charge is -2.10. The zero-order chi connectivity index (χ0) is 11.3. The molecule has 1 aliphatic rings. The molecule has 0 spiro atoms. The van der Waals surface area contributed by atoms with Crippen molar-refractivity contribution < 1.29 is 0 Å². The van der Waals surface area contributed by atoms with Crippen molar-refractivity contribution in [3.05, 3.63) is 52.6 Å². The van der Waals surface area contributed by atoms with Gasteiger partial charge in [-0.2, -0.15) is 0 Å². The van der Waals surface area contributed by atoms with E-state index < -0.39 is 0 Å². The summed E-state index contributed by atoms with van der Waals surface area (Å²) in [6, 6.07) is 10.7. The highest BCUT2D eigenvalue weighted by atomic mass is 35.5. The van der Waals surface area contributed by atoms with Crippen LogP contribution in [0.5, 0.6) is 0 Å². The number of rotatable bonds is 0. The van der Waals surface area contributed by atoms with Crippen molar-refractivity contribution in [2.24, 2.45) is 0 Å². The van der Waals surface area contributed by atoms with Crippen LogP contribution in [0.2, 0.25) is 0 Å². The van der Waals surface area contributed by atoms with Crippen LogP contribution in [-0.4, -0.2) is 0 Å². The van der Waals surface area contributed by atoms with Gasteiger partial charge >= 0.3 is 0 Å². The van der Waals surface area contributed by atoms with Crippen molar-refractivity contribution in [2.45, 2.75) is 20.3 Å². The Hall–Kier alpha value is -1.47. The highest BCUT2D eigenvalue weighted by Gasteiger charge is 2.21. The molecule has 3 rings (SSSR count). The standard InChI is InChI=1S/C15H15N.ClH/c1-9-10(2)15(16)8-14-12-6-4-3-5-11(12)7-13(9)14;/h3-6,8H,7,16H2,1-2H3;1H. The summed E-state index contributed by atoms with van der Waals surface area (Å²) in [7, 11) is 0. The third-order valence-electron chi connectivity index (χ3n) is 3.75. The minimum Gasteiger partial charge on any atom is -0.398 e. The molecule has 0 radical (unpaired) electrons. The first kappa shape index (κ1) is 12.0. The largest absolute Gasteiger partial charge is 0.398 e. The molecule has 88 valence electrons. The lowest BCUT2D eigenvalue weighted by Crippen LogP contribution is -1.96. The smallest absolute Gasteiger partial charge is 0.0352 e. The molecule has 0 aliphatic heterocycles. The summed E-state index contributed by atoms with van der Waals surface area (Å²) in [6.07, 6.45) is 1.05. The number of anilines is 1. The van der Waals surface area contributed by atoms with Gasteiger partial charge in [-0.15, -0.1) is 12.4 Å². The Kier molecular flexibility index (Phi) is 2.88. The van der Waals surface area contributed by atoms with Gasteiger partial charge < -0.3 is 5.73 Å². The molecule has 1 nitrogen and oxygen atoms in total. The van der Waals surface area contributed by atoms with E-state index in [-0.39, 0.29) is 12.4 Å². The van der Waals surface area contributed by atoms with E-state index in [9.17, 15) is 0 Å². The molecule has 0 atom stereocenters. The molecule has 2 heteroatoms. The molecule has 17 heavy (non-hydrogen) atoms. The molecule has 0 heterocycles. The van der Waals surface area contributed by atoms with E-state index in [1.54, 1.807) is 0 Å². The molecule has 0 unspecified atom stereocenters. The van der Waals surface area contributed by atoms with Gasteiger partial charge in [0.05, 0.1) is 0 Å². The molecule has 2 aromatic rings. The Morgan fingerprint density at radius 3 is 2.47 bits per heavy atom. The first-order valence-electron chi connectivity index (χ1n) is 5.65. The maximum absolute atomic E-state index is 6.05. The van der Waals surface area contributed by atoms with E-state index in [1.165, 1.54) is 33.4 Å². The van der Waals surface area contributed by atoms with Crippen molar-refractivity contribution in [3.8, 4) is 11.1 Å². The summed E-state index contributed by atoms with van der Waals surface area (Å²) in [4.78, 5) is 0. The van der Waals surface area contributed by atoms with Crippen molar-refractivity contribution in [2.75, 3.05) is 5.73 Å². The van der Waals surface area contributed by atoms with Gasteiger partial charge in [-0.3, -0.25) is 0 Å². The molecule has 0 saturated carbocycles. The molecule has 2 N–H and O–H groups in total. The van der Waals surface area contributed by atoms with Crippen molar-refractivity contribution in [1.29, 1.82) is 0 Å². The topological polar surface area (TPSA) is 26.0 Å². The number of hydrogen-bond acceptors (Lipinski definition) is 1. The lowest BCUT2D eigenvalue weighted by molar-refractivity contribution is 1.19. The van der Waals surface area contributed by atoms with E-state index in [1.807, 2.05) is 0 Å². The second-order valence-electron chi connectivity index (χ2n) is 4.58. The predicted molar refractivity (Wildman–Crippen MR) is 75.8 cm³/mol. The Morgan fingerprint density at radius 1 is 1.00 bits per heavy atom. The van der Waals surface area contributed by atoms with Gasteiger partial charge in [0, 0.05) is 5.69 Å². The van der Waals surface area contributed by atoms with Gasteiger partial charge in [-0.1, -0.05) is 24.3 Å². The van der Waals surface area contributed by atoms with Gasteiger partial charge in [0.25, 0.3) is 0 Å². The number of benzene rings is 2. The normalized spacial score (nSPS) is 11.6. The highest BCUT2D eigenvalue weighted by molar-refractivity contribution is 5.85. The Balaban J connectivity index is 0.00000108. The fourth-order valence-corrected chi connectivity index (χ4v) is 2.59. The van der Waals surface area contributed by atoms with Crippen molar-refractivity contribution in [3.63, 3.8) is 0 Å². The van der Waals surface area contributed by atoms with E-state index >= 15 is 0 Å². The van der Waals surface area contributed by atoms with Crippen molar-refractivity contribution >= 4 is 18.1 Å². The summed E-state index contributed by atoms with van der Waals surface area (Å²) in [6.45, 7) is 4.28. The molecule has 0 fully saturated rings. The van der Waals surface area contributed by atoms with Crippen LogP contribution >= 0.6 is 12.4 Å². The Labute approximate surface area is 108 Å². The number of halogens is 1. The van der Waals surface area contributed by atoms with Crippen LogP contribution in [0.25, 0.3) is 11.1 Å². The maximum atomic E-state index is 6.05. The maximum Gasteiger partial charge on any atom is 0.0352 e. The number of nitrogens with two attached hydrogens (primary N) is 1. The van der Waals surface area contributed by atoms with E-state index in [4.69, 9.17) is 5.73 Å². The molecule has 0 amide bonds. The molecule has 0 aromatic heterocycles. The third-order valence-corrected chi connectivity index (χ3v) is 3.75. The highest BCUT2D eigenvalue weighted by Crippen LogP contribution is 2.40. The van der Waals surface area contributed by atoms with Gasteiger partial charge in [0.2, 0.25) is 0 Å². The van der Waals surface area contributed by atoms with Crippen LogP contribution in [0, 0.1) is 13.8 Å². The predicted octanol–water partition coefficient (Wildman–Crippen LogP) is 3.88. The second-order valence-corrected chi connectivity index (χ2v) is 4.58. The first-order chi connectivity index (χ1) is 7.68. The SMILES string of the molecule is Cc1c(N)cc2c(c1C)Cc1ccccc1-2.Cl. The summed E-state index contributed by atoms with van der Waals surface area (Å²) in [5.74, 6) is 0. The van der Waals surface area contributed by atoms with Gasteiger partial charge in [-0.25, -0.2) is 0 Å². The minimum atomic E-state index is 0. The summed E-state index contributed by atoms with van der Waals surface area (Å²) in [5, 5.41) is 0. The Morgan fingerprint density at radius 2 is 1.71 bits per heavy atom. The van der Waals surface area contributed by atoms with E-state index in [0.717, 1.165) is 12.1 Å². The second kappa shape index (κ2) is 4.08. The quantitative estimate of drug-likeness (QED) is 0.598. The van der Waals surface area contributed by atoms with Crippen molar-refractivity contribution in [1.82, 2.24) is 0 Å². The molecule has 1 aliphatic carbocycles. The fourth-order valence-electron chi connectivity index (χ4n) is 2.59. The molecular weight excluding hydrogens is 230 g/mol. The zero-order valence-corrected chi connectivity index (χ0v) is 10.9. The zero-order valence-electron chi connectivity index (χ0n) is 10.1. The Bertz CT molecular complexity index is 588. The molecule has 0 bridgehead atoms. The molecule has 0 saturated heterocycles. The van der Waals surface area contributed by atoms with Gasteiger partial charge in [0.15, 0.2) is 0 Å². The van der Waals surface area contributed by atoms with Crippen LogP contribution in [0.15, 0.2) is 30.3 Å².